The first-order valence-corrected chi connectivity index (χ1v) is 7.07. The van der Waals surface area contributed by atoms with Crippen LogP contribution in [-0.2, 0) is 11.8 Å². The molecule has 0 unspecified atom stereocenters. The molecule has 0 aliphatic rings. The maximum Gasteiger partial charge on any atom is 0.340 e. The number of Topliss-reactive ketones (excluding diaryl/α,β-unsaturated/α-hetero) is 1. The maximum atomic E-state index is 12.2. The topological polar surface area (TPSA) is 74.3 Å². The lowest BCUT2D eigenvalue weighted by Gasteiger charge is -2.07. The van der Waals surface area contributed by atoms with Gasteiger partial charge in [0.05, 0.1) is 5.56 Å². The second-order valence-corrected chi connectivity index (χ2v) is 5.51. The predicted octanol–water partition coefficient (Wildman–Crippen LogP) is 2.92. The monoisotopic (exact) mass is 320 g/mol. The zero-order chi connectivity index (χ0) is 16.4. The quantitative estimate of drug-likeness (QED) is 0.534. The van der Waals surface area contributed by atoms with Gasteiger partial charge < -0.3 is 15.0 Å². The van der Waals surface area contributed by atoms with Crippen molar-refractivity contribution in [1.82, 2.24) is 4.57 Å². The number of hydrogen-bond donors (Lipinski definition) is 1. The first-order valence-electron chi connectivity index (χ1n) is 6.69. The van der Waals surface area contributed by atoms with Gasteiger partial charge in [-0.2, -0.15) is 0 Å². The summed E-state index contributed by atoms with van der Waals surface area (Å²) in [5, 5.41) is 0.431. The number of halogens is 1. The molecular weight excluding hydrogens is 304 g/mol. The highest BCUT2D eigenvalue weighted by molar-refractivity contribution is 6.31. The number of nitrogens with zero attached hydrogens (tertiary/aromatic N) is 1. The minimum Gasteiger partial charge on any atom is -0.454 e. The Bertz CT molecular complexity index is 750. The van der Waals surface area contributed by atoms with E-state index in [2.05, 4.69) is 0 Å². The van der Waals surface area contributed by atoms with Gasteiger partial charge in [-0.1, -0.05) is 11.6 Å². The third-order valence-corrected chi connectivity index (χ3v) is 3.88. The average Bonchev–Trinajstić information content (AvgIpc) is 2.72. The fourth-order valence-corrected chi connectivity index (χ4v) is 2.32. The lowest BCUT2D eigenvalue weighted by Crippen LogP contribution is -2.16. The first kappa shape index (κ1) is 16.1. The van der Waals surface area contributed by atoms with E-state index in [4.69, 9.17) is 22.1 Å². The number of rotatable bonds is 4. The molecule has 2 N–H and O–H groups in total. The average molecular weight is 321 g/mol. The van der Waals surface area contributed by atoms with Gasteiger partial charge in [-0.25, -0.2) is 4.79 Å². The van der Waals surface area contributed by atoms with Crippen LogP contribution in [0.25, 0.3) is 0 Å². The van der Waals surface area contributed by atoms with Crippen molar-refractivity contribution in [2.75, 3.05) is 12.3 Å². The van der Waals surface area contributed by atoms with E-state index in [1.54, 1.807) is 12.1 Å². The van der Waals surface area contributed by atoms with Gasteiger partial charge in [0.25, 0.3) is 0 Å². The minimum absolute atomic E-state index is 0.193. The normalized spacial score (nSPS) is 10.5. The molecule has 116 valence electrons. The van der Waals surface area contributed by atoms with Crippen molar-refractivity contribution in [3.8, 4) is 0 Å². The summed E-state index contributed by atoms with van der Waals surface area (Å²) in [5.41, 5.74) is 8.48. The van der Waals surface area contributed by atoms with Crippen LogP contribution in [-0.4, -0.2) is 22.9 Å². The van der Waals surface area contributed by atoms with Crippen LogP contribution in [0.4, 0.5) is 5.69 Å². The number of hydrogen-bond acceptors (Lipinski definition) is 4. The van der Waals surface area contributed by atoms with Crippen molar-refractivity contribution in [2.24, 2.45) is 7.05 Å². The van der Waals surface area contributed by atoms with Crippen molar-refractivity contribution in [1.29, 1.82) is 0 Å². The van der Waals surface area contributed by atoms with Gasteiger partial charge in [0, 0.05) is 34.7 Å². The summed E-state index contributed by atoms with van der Waals surface area (Å²) in [6.07, 6.45) is 0. The Balaban J connectivity index is 2.07. The number of anilines is 1. The van der Waals surface area contributed by atoms with Gasteiger partial charge in [-0.05, 0) is 38.1 Å². The lowest BCUT2D eigenvalue weighted by molar-refractivity contribution is 0.0475. The number of nitrogen functional groups attached to an aromatic ring is 1. The summed E-state index contributed by atoms with van der Waals surface area (Å²) < 4.78 is 6.96. The molecule has 22 heavy (non-hydrogen) atoms. The van der Waals surface area contributed by atoms with E-state index < -0.39 is 5.97 Å². The molecule has 0 amide bonds. The molecule has 1 aromatic heterocycles. The van der Waals surface area contributed by atoms with Crippen molar-refractivity contribution < 1.29 is 14.3 Å². The molecule has 2 rings (SSSR count). The van der Waals surface area contributed by atoms with Gasteiger partial charge in [0.1, 0.15) is 0 Å². The summed E-state index contributed by atoms with van der Waals surface area (Å²) in [5.74, 6) is -0.894. The van der Waals surface area contributed by atoms with Crippen LogP contribution in [0, 0.1) is 13.8 Å². The number of benzene rings is 1. The zero-order valence-corrected chi connectivity index (χ0v) is 13.4. The summed E-state index contributed by atoms with van der Waals surface area (Å²) in [6, 6.07) is 6.26. The number of carbonyl (C=O) groups is 2. The van der Waals surface area contributed by atoms with E-state index in [-0.39, 0.29) is 23.6 Å². The standard InChI is InChI=1S/C16H17ClN2O3/c1-9-6-13(10(2)19(9)3)15(20)8-22-16(21)12-5-4-11(17)7-14(12)18/h4-7H,8,18H2,1-3H3. The Kier molecular flexibility index (Phi) is 4.56. The Morgan fingerprint density at radius 3 is 2.45 bits per heavy atom. The molecule has 1 heterocycles. The first-order chi connectivity index (χ1) is 10.3. The molecule has 2 aromatic rings. The smallest absolute Gasteiger partial charge is 0.340 e. The van der Waals surface area contributed by atoms with E-state index in [9.17, 15) is 9.59 Å². The highest BCUT2D eigenvalue weighted by atomic mass is 35.5. The van der Waals surface area contributed by atoms with E-state index in [1.807, 2.05) is 25.5 Å². The van der Waals surface area contributed by atoms with E-state index in [1.165, 1.54) is 12.1 Å². The number of ketones is 1. The van der Waals surface area contributed by atoms with Crippen LogP contribution in [0.15, 0.2) is 24.3 Å². The highest BCUT2D eigenvalue weighted by Crippen LogP contribution is 2.19. The number of aryl methyl sites for hydroxylation is 1. The fraction of sp³-hybridized carbons (Fsp3) is 0.250. The van der Waals surface area contributed by atoms with Crippen molar-refractivity contribution >= 4 is 29.0 Å². The number of esters is 1. The molecular formula is C16H17ClN2O3. The number of carbonyl (C=O) groups excluding carboxylic acids is 2. The molecule has 0 atom stereocenters. The van der Waals surface area contributed by atoms with Crippen LogP contribution in [0.2, 0.25) is 5.02 Å². The SMILES string of the molecule is Cc1cc(C(=O)COC(=O)c2ccc(Cl)cc2N)c(C)n1C. The van der Waals surface area contributed by atoms with Gasteiger partial charge in [0.15, 0.2) is 6.61 Å². The number of ether oxygens (including phenoxy) is 1. The third-order valence-electron chi connectivity index (χ3n) is 3.64. The van der Waals surface area contributed by atoms with E-state index in [0.29, 0.717) is 10.6 Å². The molecule has 0 aliphatic carbocycles. The van der Waals surface area contributed by atoms with Gasteiger partial charge in [0.2, 0.25) is 5.78 Å². The van der Waals surface area contributed by atoms with E-state index in [0.717, 1.165) is 11.4 Å². The van der Waals surface area contributed by atoms with E-state index >= 15 is 0 Å². The van der Waals surface area contributed by atoms with Crippen LogP contribution >= 0.6 is 11.6 Å². The summed E-state index contributed by atoms with van der Waals surface area (Å²) in [7, 11) is 1.88. The van der Waals surface area contributed by atoms with Gasteiger partial charge in [-0.15, -0.1) is 0 Å². The van der Waals surface area contributed by atoms with Crippen LogP contribution in [0.5, 0.6) is 0 Å². The molecule has 5 nitrogen and oxygen atoms in total. The Labute approximate surface area is 133 Å². The summed E-state index contributed by atoms with van der Waals surface area (Å²) in [4.78, 5) is 24.1. The molecule has 0 spiro atoms. The van der Waals surface area contributed by atoms with Gasteiger partial charge in [-0.3, -0.25) is 4.79 Å². The molecule has 0 aliphatic heterocycles. The van der Waals surface area contributed by atoms with Crippen LogP contribution in [0.3, 0.4) is 0 Å². The van der Waals surface area contributed by atoms with Crippen LogP contribution in [0.1, 0.15) is 32.1 Å². The summed E-state index contributed by atoms with van der Waals surface area (Å²) >= 11 is 5.78. The number of aromatic nitrogens is 1. The molecule has 0 bridgehead atoms. The lowest BCUT2D eigenvalue weighted by atomic mass is 10.1. The van der Waals surface area contributed by atoms with Crippen molar-refractivity contribution in [3.63, 3.8) is 0 Å². The third kappa shape index (κ3) is 3.14. The molecule has 0 radical (unpaired) electrons. The second kappa shape index (κ2) is 6.23. The molecule has 0 saturated heterocycles. The second-order valence-electron chi connectivity index (χ2n) is 5.07. The fourth-order valence-electron chi connectivity index (χ4n) is 2.14. The maximum absolute atomic E-state index is 12.2. The minimum atomic E-state index is -0.646. The Morgan fingerprint density at radius 2 is 1.91 bits per heavy atom. The largest absolute Gasteiger partial charge is 0.454 e. The Morgan fingerprint density at radius 1 is 1.23 bits per heavy atom. The number of nitrogens with two attached hydrogens (primary N) is 1. The molecule has 0 fully saturated rings. The predicted molar refractivity (Wildman–Crippen MR) is 85.4 cm³/mol. The van der Waals surface area contributed by atoms with Crippen molar-refractivity contribution in [3.05, 3.63) is 51.8 Å². The molecule has 6 heteroatoms. The van der Waals surface area contributed by atoms with Gasteiger partial charge >= 0.3 is 5.97 Å². The highest BCUT2D eigenvalue weighted by Gasteiger charge is 2.17. The Hall–Kier alpha value is -2.27. The molecule has 1 aromatic carbocycles. The van der Waals surface area contributed by atoms with Crippen molar-refractivity contribution in [2.45, 2.75) is 13.8 Å². The zero-order valence-electron chi connectivity index (χ0n) is 12.6. The molecule has 0 saturated carbocycles. The van der Waals surface area contributed by atoms with Crippen LogP contribution < -0.4 is 5.73 Å². The summed E-state index contributed by atoms with van der Waals surface area (Å²) in [6.45, 7) is 3.43.